The van der Waals surface area contributed by atoms with Gasteiger partial charge in [0.05, 0.1) is 32.0 Å². The Morgan fingerprint density at radius 2 is 1.68 bits per heavy atom. The van der Waals surface area contributed by atoms with E-state index in [9.17, 15) is 9.59 Å². The van der Waals surface area contributed by atoms with Crippen molar-refractivity contribution in [1.29, 1.82) is 0 Å². The van der Waals surface area contributed by atoms with Gasteiger partial charge in [-0.15, -0.1) is 5.10 Å². The Hall–Kier alpha value is -4.60. The minimum absolute atomic E-state index is 0.161. The molecule has 1 unspecified atom stereocenters. The van der Waals surface area contributed by atoms with Crippen LogP contribution in [-0.2, 0) is 16.1 Å². The van der Waals surface area contributed by atoms with Gasteiger partial charge >= 0.3 is 0 Å². The number of aromatic nitrogens is 3. The van der Waals surface area contributed by atoms with Crippen LogP contribution in [0.3, 0.4) is 0 Å². The first-order valence-electron chi connectivity index (χ1n) is 13.0. The van der Waals surface area contributed by atoms with Crippen LogP contribution in [0.1, 0.15) is 39.3 Å². The average molecular weight is 546 g/mol. The molecule has 0 spiro atoms. The summed E-state index contributed by atoms with van der Waals surface area (Å²) < 4.78 is 18.2. The number of hydrogen-bond donors (Lipinski definition) is 1. The second-order valence-corrected chi connectivity index (χ2v) is 10.2. The van der Waals surface area contributed by atoms with Gasteiger partial charge in [-0.3, -0.25) is 14.5 Å². The summed E-state index contributed by atoms with van der Waals surface area (Å²) in [7, 11) is 3.06. The molecule has 40 heavy (non-hydrogen) atoms. The number of carbonyl (C=O) groups is 2. The number of para-hydroxylation sites is 1. The number of nitrogens with zero attached hydrogens (tertiary/aromatic N) is 4. The van der Waals surface area contributed by atoms with Crippen LogP contribution in [0.15, 0.2) is 66.7 Å². The number of fused-ring (bicyclic) bond motifs is 1. The summed E-state index contributed by atoms with van der Waals surface area (Å²) in [6, 6.07) is 18.6. The van der Waals surface area contributed by atoms with Gasteiger partial charge in [-0.1, -0.05) is 29.5 Å². The van der Waals surface area contributed by atoms with Crippen LogP contribution in [-0.4, -0.2) is 53.2 Å². The van der Waals surface area contributed by atoms with Crippen molar-refractivity contribution < 1.29 is 23.8 Å². The molecule has 0 saturated heterocycles. The summed E-state index contributed by atoms with van der Waals surface area (Å²) >= 11 is 0. The zero-order valence-corrected chi connectivity index (χ0v) is 23.7. The van der Waals surface area contributed by atoms with E-state index in [1.165, 1.54) is 16.7 Å². The fraction of sp³-hybridized carbons (Fsp3) is 0.333. The van der Waals surface area contributed by atoms with Gasteiger partial charge in [0, 0.05) is 11.6 Å². The lowest BCUT2D eigenvalue weighted by Crippen LogP contribution is -2.50. The van der Waals surface area contributed by atoms with E-state index in [1.807, 2.05) is 52.0 Å². The molecule has 0 aliphatic carbocycles. The summed E-state index contributed by atoms with van der Waals surface area (Å²) in [6.45, 7) is 7.92. The Morgan fingerprint density at radius 3 is 2.33 bits per heavy atom. The number of hydrogen-bond acceptors (Lipinski definition) is 7. The molecule has 4 rings (SSSR count). The van der Waals surface area contributed by atoms with Crippen molar-refractivity contribution in [1.82, 2.24) is 20.3 Å². The second-order valence-electron chi connectivity index (χ2n) is 10.2. The van der Waals surface area contributed by atoms with Gasteiger partial charge in [0.2, 0.25) is 11.8 Å². The first-order valence-corrected chi connectivity index (χ1v) is 13.0. The molecule has 0 bridgehead atoms. The van der Waals surface area contributed by atoms with Crippen molar-refractivity contribution >= 4 is 28.5 Å². The average Bonchev–Trinajstić information content (AvgIpc) is 3.33. The number of rotatable bonds is 10. The topological polar surface area (TPSA) is 108 Å². The predicted octanol–water partition coefficient (Wildman–Crippen LogP) is 4.54. The molecular formula is C30H35N5O5. The first kappa shape index (κ1) is 28.4. The minimum atomic E-state index is -1.04. The zero-order valence-electron chi connectivity index (χ0n) is 23.7. The zero-order chi connectivity index (χ0) is 28.9. The van der Waals surface area contributed by atoms with Crippen molar-refractivity contribution in [3.63, 3.8) is 0 Å². The van der Waals surface area contributed by atoms with Crippen LogP contribution >= 0.6 is 0 Å². The summed E-state index contributed by atoms with van der Waals surface area (Å²) in [5, 5.41) is 11.4. The van der Waals surface area contributed by atoms with Gasteiger partial charge in [-0.25, -0.2) is 4.68 Å². The highest BCUT2D eigenvalue weighted by atomic mass is 16.5. The lowest BCUT2D eigenvalue weighted by Gasteiger charge is -2.34. The highest BCUT2D eigenvalue weighted by Crippen LogP contribution is 2.38. The maximum Gasteiger partial charge on any atom is 0.249 e. The van der Waals surface area contributed by atoms with Gasteiger partial charge in [0.1, 0.15) is 35.4 Å². The fourth-order valence-electron chi connectivity index (χ4n) is 4.41. The Balaban J connectivity index is 1.87. The normalized spacial score (nSPS) is 12.1. The van der Waals surface area contributed by atoms with Crippen LogP contribution in [0.25, 0.3) is 11.0 Å². The smallest absolute Gasteiger partial charge is 0.249 e. The maximum atomic E-state index is 14.3. The Kier molecular flexibility index (Phi) is 8.57. The second kappa shape index (κ2) is 12.1. The highest BCUT2D eigenvalue weighted by molar-refractivity contribution is 6.02. The van der Waals surface area contributed by atoms with Gasteiger partial charge in [-0.05, 0) is 69.7 Å². The van der Waals surface area contributed by atoms with E-state index in [2.05, 4.69) is 15.6 Å². The van der Waals surface area contributed by atoms with Crippen LogP contribution in [0.5, 0.6) is 17.2 Å². The van der Waals surface area contributed by atoms with E-state index in [1.54, 1.807) is 49.6 Å². The molecule has 0 radical (unpaired) electrons. The summed E-state index contributed by atoms with van der Waals surface area (Å²) in [5.41, 5.74) is 1.81. The Labute approximate surface area is 233 Å². The number of nitrogens with one attached hydrogen (secondary N) is 1. The number of ether oxygens (including phenoxy) is 3. The number of benzene rings is 3. The third-order valence-corrected chi connectivity index (χ3v) is 6.13. The molecule has 10 heteroatoms. The van der Waals surface area contributed by atoms with E-state index >= 15 is 0 Å². The van der Waals surface area contributed by atoms with E-state index < -0.39 is 11.6 Å². The predicted molar refractivity (Wildman–Crippen MR) is 153 cm³/mol. The minimum Gasteiger partial charge on any atom is -0.497 e. The first-order chi connectivity index (χ1) is 19.1. The Bertz CT molecular complexity index is 1480. The maximum absolute atomic E-state index is 14.3. The molecule has 1 aromatic heterocycles. The lowest BCUT2D eigenvalue weighted by molar-refractivity contribution is -0.128. The summed E-state index contributed by atoms with van der Waals surface area (Å²) in [6.07, 6.45) is 0. The molecule has 4 aromatic rings. The van der Waals surface area contributed by atoms with E-state index in [0.29, 0.717) is 46.1 Å². The van der Waals surface area contributed by atoms with Gasteiger partial charge in [-0.2, -0.15) is 0 Å². The molecule has 0 fully saturated rings. The van der Waals surface area contributed by atoms with E-state index in [-0.39, 0.29) is 18.4 Å². The molecule has 210 valence electrons. The van der Waals surface area contributed by atoms with Crippen LogP contribution in [0, 0.1) is 0 Å². The highest BCUT2D eigenvalue weighted by Gasteiger charge is 2.36. The van der Waals surface area contributed by atoms with Gasteiger partial charge in [0.25, 0.3) is 0 Å². The number of anilines is 1. The number of amides is 2. The van der Waals surface area contributed by atoms with Gasteiger partial charge < -0.3 is 19.5 Å². The quantitative estimate of drug-likeness (QED) is 0.312. The largest absolute Gasteiger partial charge is 0.497 e. The standard InChI is InChI=1S/C30H35N5O5/c1-7-40-21-14-12-20(13-15-21)28(29(37)31-30(2,3)4)35(25-17-16-22(38-5)18-26(25)39-6)27(36)19-34-24-11-9-8-10-23(24)32-33-34/h8-18,28H,7,19H2,1-6H3,(H,31,37). The number of carbonyl (C=O) groups excluding carboxylic acids is 2. The monoisotopic (exact) mass is 545 g/mol. The third kappa shape index (κ3) is 6.33. The molecule has 1 atom stereocenters. The molecule has 0 aliphatic rings. The van der Waals surface area contributed by atoms with Crippen LogP contribution < -0.4 is 24.4 Å². The molecule has 0 saturated carbocycles. The SMILES string of the molecule is CCOc1ccc(C(C(=O)NC(C)(C)C)N(C(=O)Cn2nnc3ccccc32)c2ccc(OC)cc2OC)cc1. The third-order valence-electron chi connectivity index (χ3n) is 6.13. The Morgan fingerprint density at radius 1 is 0.975 bits per heavy atom. The fourth-order valence-corrected chi connectivity index (χ4v) is 4.41. The number of methoxy groups -OCH3 is 2. The van der Waals surface area contributed by atoms with Crippen LogP contribution in [0.4, 0.5) is 5.69 Å². The van der Waals surface area contributed by atoms with Crippen molar-refractivity contribution in [3.05, 3.63) is 72.3 Å². The summed E-state index contributed by atoms with van der Waals surface area (Å²) in [5.74, 6) is 0.839. The summed E-state index contributed by atoms with van der Waals surface area (Å²) in [4.78, 5) is 29.7. The molecular weight excluding hydrogens is 510 g/mol. The van der Waals surface area contributed by atoms with E-state index in [4.69, 9.17) is 14.2 Å². The molecule has 3 aromatic carbocycles. The lowest BCUT2D eigenvalue weighted by atomic mass is 10.00. The molecule has 10 nitrogen and oxygen atoms in total. The van der Waals surface area contributed by atoms with E-state index in [0.717, 1.165) is 0 Å². The van der Waals surface area contributed by atoms with Crippen molar-refractivity contribution in [2.45, 2.75) is 45.8 Å². The molecule has 0 aliphatic heterocycles. The molecule has 2 amide bonds. The van der Waals surface area contributed by atoms with Crippen molar-refractivity contribution in [3.8, 4) is 17.2 Å². The molecule has 1 N–H and O–H groups in total. The van der Waals surface area contributed by atoms with Crippen molar-refractivity contribution in [2.75, 3.05) is 25.7 Å². The van der Waals surface area contributed by atoms with Crippen LogP contribution in [0.2, 0.25) is 0 Å². The molecule has 1 heterocycles. The van der Waals surface area contributed by atoms with Crippen molar-refractivity contribution in [2.24, 2.45) is 0 Å². The van der Waals surface area contributed by atoms with Gasteiger partial charge in [0.15, 0.2) is 0 Å².